The molecule has 0 saturated heterocycles. The van der Waals surface area contributed by atoms with Gasteiger partial charge in [-0.2, -0.15) is 0 Å². The molecule has 120 valence electrons. The van der Waals surface area contributed by atoms with Crippen molar-refractivity contribution in [1.82, 2.24) is 5.32 Å². The molecule has 2 aromatic carbocycles. The van der Waals surface area contributed by atoms with E-state index in [-0.39, 0.29) is 30.2 Å². The number of nitrogens with one attached hydrogen (secondary N) is 1. The topological polar surface area (TPSA) is 81.5 Å². The first-order chi connectivity index (χ1) is 11.0. The Morgan fingerprint density at radius 3 is 2.70 bits per heavy atom. The molecular weight excluding hydrogens is 303 g/mol. The summed E-state index contributed by atoms with van der Waals surface area (Å²) in [5.74, 6) is -0.815. The quantitative estimate of drug-likeness (QED) is 0.504. The molecule has 0 unspecified atom stereocenters. The molecule has 0 saturated carbocycles. The predicted octanol–water partition coefficient (Wildman–Crippen LogP) is 2.85. The third-order valence-corrected chi connectivity index (χ3v) is 3.23. The summed E-state index contributed by atoms with van der Waals surface area (Å²) in [6, 6.07) is 10.3. The largest absolute Gasteiger partial charge is 0.489 e. The predicted molar refractivity (Wildman–Crippen MR) is 82.1 cm³/mol. The number of nitro groups is 1. The van der Waals surface area contributed by atoms with Gasteiger partial charge in [-0.15, -0.1) is 0 Å². The first-order valence-corrected chi connectivity index (χ1v) is 6.90. The number of nitrogens with zero attached hydrogens (tertiary/aromatic N) is 1. The average molecular weight is 318 g/mol. The minimum atomic E-state index is -0.534. The number of para-hydroxylation sites is 1. The SMILES string of the molecule is Cc1c(C(=O)NCCOc2ccccc2F)cccc1[N+](=O)[O-]. The van der Waals surface area contributed by atoms with E-state index in [1.165, 1.54) is 37.3 Å². The normalized spacial score (nSPS) is 10.2. The van der Waals surface area contributed by atoms with Crippen molar-refractivity contribution in [2.75, 3.05) is 13.2 Å². The van der Waals surface area contributed by atoms with Gasteiger partial charge in [0.15, 0.2) is 11.6 Å². The molecule has 0 spiro atoms. The van der Waals surface area contributed by atoms with Crippen LogP contribution in [0.1, 0.15) is 15.9 Å². The molecule has 2 rings (SSSR count). The lowest BCUT2D eigenvalue weighted by Gasteiger charge is -2.09. The molecule has 0 aliphatic carbocycles. The van der Waals surface area contributed by atoms with E-state index in [0.717, 1.165) is 0 Å². The lowest BCUT2D eigenvalue weighted by molar-refractivity contribution is -0.385. The summed E-state index contributed by atoms with van der Waals surface area (Å²) in [7, 11) is 0. The number of carbonyl (C=O) groups excluding carboxylic acids is 1. The molecule has 0 aliphatic heterocycles. The number of halogens is 1. The highest BCUT2D eigenvalue weighted by atomic mass is 19.1. The minimum absolute atomic E-state index is 0.0840. The summed E-state index contributed by atoms with van der Waals surface area (Å²) >= 11 is 0. The van der Waals surface area contributed by atoms with Crippen LogP contribution in [0.25, 0.3) is 0 Å². The van der Waals surface area contributed by atoms with Crippen LogP contribution in [0.4, 0.5) is 10.1 Å². The van der Waals surface area contributed by atoms with Crippen LogP contribution >= 0.6 is 0 Å². The molecule has 0 aliphatic rings. The Labute approximate surface area is 132 Å². The molecule has 2 aromatic rings. The number of amides is 1. The zero-order chi connectivity index (χ0) is 16.8. The maximum atomic E-state index is 13.3. The monoisotopic (exact) mass is 318 g/mol. The third-order valence-electron chi connectivity index (χ3n) is 3.23. The van der Waals surface area contributed by atoms with Crippen LogP contribution < -0.4 is 10.1 Å². The number of hydrogen-bond acceptors (Lipinski definition) is 4. The van der Waals surface area contributed by atoms with Crippen LogP contribution in [0.15, 0.2) is 42.5 Å². The molecule has 1 N–H and O–H groups in total. The van der Waals surface area contributed by atoms with Gasteiger partial charge >= 0.3 is 0 Å². The van der Waals surface area contributed by atoms with Crippen molar-refractivity contribution in [2.45, 2.75) is 6.92 Å². The molecule has 0 heterocycles. The number of ether oxygens (including phenoxy) is 1. The van der Waals surface area contributed by atoms with Crippen molar-refractivity contribution in [3.63, 3.8) is 0 Å². The molecule has 23 heavy (non-hydrogen) atoms. The Morgan fingerprint density at radius 2 is 2.00 bits per heavy atom. The number of rotatable bonds is 6. The molecule has 6 nitrogen and oxygen atoms in total. The molecule has 0 fully saturated rings. The number of hydrogen-bond donors (Lipinski definition) is 1. The fraction of sp³-hybridized carbons (Fsp3) is 0.188. The summed E-state index contributed by atoms with van der Waals surface area (Å²) in [6.45, 7) is 1.75. The van der Waals surface area contributed by atoms with E-state index in [2.05, 4.69) is 5.32 Å². The standard InChI is InChI=1S/C16H15FN2O4/c1-11-12(5-4-7-14(11)19(21)22)16(20)18-9-10-23-15-8-3-2-6-13(15)17/h2-8H,9-10H2,1H3,(H,18,20). The van der Waals surface area contributed by atoms with E-state index in [1.807, 2.05) is 0 Å². The van der Waals surface area contributed by atoms with Gasteiger partial charge < -0.3 is 10.1 Å². The molecule has 0 bridgehead atoms. The molecule has 7 heteroatoms. The van der Waals surface area contributed by atoms with E-state index < -0.39 is 16.6 Å². The third kappa shape index (κ3) is 4.03. The Morgan fingerprint density at radius 1 is 1.26 bits per heavy atom. The highest BCUT2D eigenvalue weighted by Crippen LogP contribution is 2.21. The molecule has 0 radical (unpaired) electrons. The van der Waals surface area contributed by atoms with Crippen LogP contribution in [0.2, 0.25) is 0 Å². The zero-order valence-corrected chi connectivity index (χ0v) is 12.4. The van der Waals surface area contributed by atoms with Crippen molar-refractivity contribution in [3.8, 4) is 5.75 Å². The first kappa shape index (κ1) is 16.4. The van der Waals surface area contributed by atoms with Gasteiger partial charge in [-0.3, -0.25) is 14.9 Å². The van der Waals surface area contributed by atoms with Gasteiger partial charge in [0.1, 0.15) is 6.61 Å². The maximum Gasteiger partial charge on any atom is 0.273 e. The van der Waals surface area contributed by atoms with Crippen molar-refractivity contribution in [1.29, 1.82) is 0 Å². The lowest BCUT2D eigenvalue weighted by Crippen LogP contribution is -2.28. The molecular formula is C16H15FN2O4. The Balaban J connectivity index is 1.92. The second-order valence-electron chi connectivity index (χ2n) is 4.74. The summed E-state index contributed by atoms with van der Waals surface area (Å²) in [5, 5.41) is 13.5. The molecule has 0 atom stereocenters. The first-order valence-electron chi connectivity index (χ1n) is 6.90. The fourth-order valence-corrected chi connectivity index (χ4v) is 2.05. The van der Waals surface area contributed by atoms with Crippen molar-refractivity contribution < 1.29 is 18.8 Å². The van der Waals surface area contributed by atoms with Crippen LogP contribution in [0, 0.1) is 22.9 Å². The fourth-order valence-electron chi connectivity index (χ4n) is 2.05. The van der Waals surface area contributed by atoms with Crippen molar-refractivity contribution in [3.05, 3.63) is 69.5 Å². The number of benzene rings is 2. The van der Waals surface area contributed by atoms with Gasteiger partial charge in [-0.25, -0.2) is 4.39 Å². The number of nitro benzene ring substituents is 1. The van der Waals surface area contributed by atoms with Gasteiger partial charge in [-0.1, -0.05) is 18.2 Å². The van der Waals surface area contributed by atoms with Crippen molar-refractivity contribution >= 4 is 11.6 Å². The lowest BCUT2D eigenvalue weighted by atomic mass is 10.1. The van der Waals surface area contributed by atoms with E-state index in [0.29, 0.717) is 5.56 Å². The molecule has 1 amide bonds. The van der Waals surface area contributed by atoms with E-state index in [1.54, 1.807) is 12.1 Å². The average Bonchev–Trinajstić information content (AvgIpc) is 2.52. The molecule has 0 aromatic heterocycles. The summed E-state index contributed by atoms with van der Waals surface area (Å²) in [6.07, 6.45) is 0. The zero-order valence-electron chi connectivity index (χ0n) is 12.4. The van der Waals surface area contributed by atoms with E-state index in [4.69, 9.17) is 4.74 Å². The Bertz CT molecular complexity index is 734. The summed E-state index contributed by atoms with van der Waals surface area (Å²) < 4.78 is 18.6. The second-order valence-corrected chi connectivity index (χ2v) is 4.74. The smallest absolute Gasteiger partial charge is 0.273 e. The Hall–Kier alpha value is -2.96. The highest BCUT2D eigenvalue weighted by Gasteiger charge is 2.17. The van der Waals surface area contributed by atoms with E-state index >= 15 is 0 Å². The van der Waals surface area contributed by atoms with Crippen LogP contribution in [0.5, 0.6) is 5.75 Å². The number of carbonyl (C=O) groups is 1. The van der Waals surface area contributed by atoms with Crippen LogP contribution in [-0.4, -0.2) is 24.0 Å². The van der Waals surface area contributed by atoms with Gasteiger partial charge in [0.05, 0.1) is 11.5 Å². The van der Waals surface area contributed by atoms with Gasteiger partial charge in [0.25, 0.3) is 11.6 Å². The van der Waals surface area contributed by atoms with E-state index in [9.17, 15) is 19.3 Å². The van der Waals surface area contributed by atoms with Gasteiger partial charge in [0, 0.05) is 17.2 Å². The minimum Gasteiger partial charge on any atom is -0.489 e. The summed E-state index contributed by atoms with van der Waals surface area (Å²) in [4.78, 5) is 22.4. The van der Waals surface area contributed by atoms with Crippen molar-refractivity contribution in [2.24, 2.45) is 0 Å². The Kier molecular flexibility index (Phi) is 5.24. The summed E-state index contributed by atoms with van der Waals surface area (Å²) in [5.41, 5.74) is 0.412. The van der Waals surface area contributed by atoms with Gasteiger partial charge in [-0.05, 0) is 25.1 Å². The van der Waals surface area contributed by atoms with Gasteiger partial charge in [0.2, 0.25) is 0 Å². The highest BCUT2D eigenvalue weighted by molar-refractivity contribution is 5.96. The van der Waals surface area contributed by atoms with Crippen LogP contribution in [-0.2, 0) is 0 Å². The second kappa shape index (κ2) is 7.35. The van der Waals surface area contributed by atoms with Crippen LogP contribution in [0.3, 0.4) is 0 Å². The maximum absolute atomic E-state index is 13.3.